The molecule has 0 heterocycles. The number of benzene rings is 1. The van der Waals surface area contributed by atoms with Gasteiger partial charge in [-0.05, 0) is 17.7 Å². The molecule has 0 saturated carbocycles. The SMILES string of the molecule is CS(=O)(=O)c1ccc([C@H](O)[C@H](COC(=O)CN)NC(=O)C(Cl)Cl)cc1.Cl. The lowest BCUT2D eigenvalue weighted by molar-refractivity contribution is -0.144. The van der Waals surface area contributed by atoms with Crippen LogP contribution in [0.5, 0.6) is 0 Å². The normalized spacial score (nSPS) is 13.5. The molecule has 148 valence electrons. The van der Waals surface area contributed by atoms with Gasteiger partial charge in [0.25, 0.3) is 5.91 Å². The highest BCUT2D eigenvalue weighted by atomic mass is 35.5. The minimum atomic E-state index is -3.39. The van der Waals surface area contributed by atoms with Crippen molar-refractivity contribution in [3.8, 4) is 0 Å². The van der Waals surface area contributed by atoms with Crippen molar-refractivity contribution in [1.82, 2.24) is 5.32 Å². The number of carbonyl (C=O) groups excluding carboxylic acids is 2. The maximum atomic E-state index is 11.7. The van der Waals surface area contributed by atoms with Crippen LogP contribution in [0, 0.1) is 0 Å². The highest BCUT2D eigenvalue weighted by Crippen LogP contribution is 2.20. The van der Waals surface area contributed by atoms with Gasteiger partial charge >= 0.3 is 5.97 Å². The fourth-order valence-electron chi connectivity index (χ4n) is 1.84. The summed E-state index contributed by atoms with van der Waals surface area (Å²) in [5.74, 6) is -1.52. The number of amides is 1. The summed E-state index contributed by atoms with van der Waals surface area (Å²) in [7, 11) is -3.39. The van der Waals surface area contributed by atoms with Crippen LogP contribution < -0.4 is 11.1 Å². The largest absolute Gasteiger partial charge is 0.462 e. The Kier molecular flexibility index (Phi) is 10.4. The van der Waals surface area contributed by atoms with E-state index in [2.05, 4.69) is 5.32 Å². The topological polar surface area (TPSA) is 136 Å². The summed E-state index contributed by atoms with van der Waals surface area (Å²) in [6.45, 7) is -0.745. The molecule has 0 spiro atoms. The zero-order valence-corrected chi connectivity index (χ0v) is 16.7. The van der Waals surface area contributed by atoms with Gasteiger partial charge in [-0.2, -0.15) is 0 Å². The molecule has 8 nitrogen and oxygen atoms in total. The number of aliphatic hydroxyl groups is 1. The minimum Gasteiger partial charge on any atom is -0.462 e. The molecule has 2 atom stereocenters. The van der Waals surface area contributed by atoms with Crippen molar-refractivity contribution >= 4 is 57.3 Å². The van der Waals surface area contributed by atoms with E-state index >= 15 is 0 Å². The molecule has 0 aliphatic heterocycles. The van der Waals surface area contributed by atoms with Gasteiger partial charge in [0.1, 0.15) is 12.7 Å². The first-order valence-electron chi connectivity index (χ1n) is 6.98. The lowest BCUT2D eigenvalue weighted by Crippen LogP contribution is -2.45. The van der Waals surface area contributed by atoms with Gasteiger partial charge in [0, 0.05) is 6.26 Å². The van der Waals surface area contributed by atoms with E-state index in [4.69, 9.17) is 33.7 Å². The van der Waals surface area contributed by atoms with Crippen LogP contribution in [-0.4, -0.2) is 55.7 Å². The Morgan fingerprint density at radius 3 is 2.23 bits per heavy atom. The molecule has 0 bridgehead atoms. The number of hydrogen-bond donors (Lipinski definition) is 3. The molecular formula is C14H19Cl3N2O6S. The average molecular weight is 450 g/mol. The van der Waals surface area contributed by atoms with Gasteiger partial charge < -0.3 is 20.9 Å². The zero-order valence-electron chi connectivity index (χ0n) is 13.6. The summed E-state index contributed by atoms with van der Waals surface area (Å²) in [5.41, 5.74) is 5.42. The van der Waals surface area contributed by atoms with E-state index in [1.807, 2.05) is 0 Å². The number of esters is 1. The van der Waals surface area contributed by atoms with Gasteiger partial charge in [0.15, 0.2) is 14.7 Å². The van der Waals surface area contributed by atoms with Gasteiger partial charge in [-0.3, -0.25) is 9.59 Å². The molecule has 1 aromatic carbocycles. The van der Waals surface area contributed by atoms with E-state index in [1.54, 1.807) is 0 Å². The first-order chi connectivity index (χ1) is 11.6. The highest BCUT2D eigenvalue weighted by molar-refractivity contribution is 7.90. The second-order valence-corrected chi connectivity index (χ2v) is 8.20. The van der Waals surface area contributed by atoms with Crippen molar-refractivity contribution in [1.29, 1.82) is 0 Å². The predicted octanol–water partition coefficient (Wildman–Crippen LogP) is 0.336. The van der Waals surface area contributed by atoms with E-state index in [0.717, 1.165) is 6.26 Å². The molecule has 0 aromatic heterocycles. The number of aliphatic hydroxyl groups excluding tert-OH is 1. The summed E-state index contributed by atoms with van der Waals surface area (Å²) < 4.78 is 27.8. The lowest BCUT2D eigenvalue weighted by Gasteiger charge is -2.24. The summed E-state index contributed by atoms with van der Waals surface area (Å²) in [4.78, 5) is 21.5. The number of sulfone groups is 1. The predicted molar refractivity (Wildman–Crippen MR) is 99.2 cm³/mol. The van der Waals surface area contributed by atoms with Crippen LogP contribution in [0.2, 0.25) is 0 Å². The summed E-state index contributed by atoms with van der Waals surface area (Å²) in [6.07, 6.45) is -0.260. The average Bonchev–Trinajstić information content (AvgIpc) is 2.56. The quantitative estimate of drug-likeness (QED) is 0.384. The molecule has 26 heavy (non-hydrogen) atoms. The maximum absolute atomic E-state index is 11.7. The van der Waals surface area contributed by atoms with Crippen molar-refractivity contribution in [2.75, 3.05) is 19.4 Å². The van der Waals surface area contributed by atoms with Crippen LogP contribution in [0.1, 0.15) is 11.7 Å². The number of hydrogen-bond acceptors (Lipinski definition) is 7. The molecule has 4 N–H and O–H groups in total. The van der Waals surface area contributed by atoms with Gasteiger partial charge in [-0.25, -0.2) is 8.42 Å². The Hall–Kier alpha value is -1.10. The van der Waals surface area contributed by atoms with Crippen molar-refractivity contribution < 1.29 is 27.9 Å². The first kappa shape index (κ1) is 24.9. The van der Waals surface area contributed by atoms with Crippen molar-refractivity contribution in [3.63, 3.8) is 0 Å². The van der Waals surface area contributed by atoms with Gasteiger partial charge in [-0.1, -0.05) is 35.3 Å². The van der Waals surface area contributed by atoms with Gasteiger partial charge in [-0.15, -0.1) is 12.4 Å². The number of carbonyl (C=O) groups is 2. The zero-order chi connectivity index (χ0) is 19.2. The van der Waals surface area contributed by atoms with Crippen molar-refractivity contribution in [3.05, 3.63) is 29.8 Å². The lowest BCUT2D eigenvalue weighted by atomic mass is 10.0. The van der Waals surface area contributed by atoms with Crippen molar-refractivity contribution in [2.45, 2.75) is 21.9 Å². The molecular weight excluding hydrogens is 431 g/mol. The Bertz CT molecular complexity index is 712. The molecule has 1 aromatic rings. The van der Waals surface area contributed by atoms with E-state index in [-0.39, 0.29) is 30.5 Å². The Morgan fingerprint density at radius 2 is 1.81 bits per heavy atom. The number of halogens is 3. The van der Waals surface area contributed by atoms with E-state index in [9.17, 15) is 23.1 Å². The van der Waals surface area contributed by atoms with Gasteiger partial charge in [0.05, 0.1) is 17.5 Å². The fourth-order valence-corrected chi connectivity index (χ4v) is 2.60. The smallest absolute Gasteiger partial charge is 0.319 e. The molecule has 0 aliphatic rings. The molecule has 0 fully saturated rings. The summed E-state index contributed by atoms with van der Waals surface area (Å²) in [6, 6.07) is 4.31. The molecule has 0 radical (unpaired) electrons. The van der Waals surface area contributed by atoms with E-state index in [0.29, 0.717) is 5.56 Å². The maximum Gasteiger partial charge on any atom is 0.319 e. The summed E-state index contributed by atoms with van der Waals surface area (Å²) >= 11 is 10.9. The molecule has 0 aliphatic carbocycles. The first-order valence-corrected chi connectivity index (χ1v) is 9.75. The van der Waals surface area contributed by atoms with E-state index < -0.39 is 38.7 Å². The minimum absolute atomic E-state index is 0. The van der Waals surface area contributed by atoms with Crippen LogP contribution >= 0.6 is 35.6 Å². The Balaban J connectivity index is 0.00000625. The number of nitrogens with one attached hydrogen (secondary N) is 1. The standard InChI is InChI=1S/C14H18Cl2N2O6S.ClH/c1-25(22,23)9-4-2-8(3-5-9)12(20)10(7-24-11(19)6-17)18-14(21)13(15)16;/h2-5,10,12-13,20H,6-7,17H2,1H3,(H,18,21);1H/t10-,12-;/m0./s1. The number of alkyl halides is 2. The highest BCUT2D eigenvalue weighted by Gasteiger charge is 2.26. The van der Waals surface area contributed by atoms with Crippen LogP contribution in [0.4, 0.5) is 0 Å². The third-order valence-corrected chi connectivity index (χ3v) is 4.67. The van der Waals surface area contributed by atoms with Gasteiger partial charge in [0.2, 0.25) is 0 Å². The number of ether oxygens (including phenoxy) is 1. The molecule has 12 heteroatoms. The Labute approximate surface area is 167 Å². The van der Waals surface area contributed by atoms with Crippen LogP contribution in [0.15, 0.2) is 29.2 Å². The molecule has 0 saturated heterocycles. The summed E-state index contributed by atoms with van der Waals surface area (Å²) in [5, 5.41) is 12.8. The number of rotatable bonds is 8. The third kappa shape index (κ3) is 7.65. The Morgan fingerprint density at radius 1 is 1.27 bits per heavy atom. The monoisotopic (exact) mass is 448 g/mol. The van der Waals surface area contributed by atoms with E-state index in [1.165, 1.54) is 24.3 Å². The fraction of sp³-hybridized carbons (Fsp3) is 0.429. The van der Waals surface area contributed by atoms with Crippen LogP contribution in [0.25, 0.3) is 0 Å². The van der Waals surface area contributed by atoms with Crippen LogP contribution in [0.3, 0.4) is 0 Å². The van der Waals surface area contributed by atoms with Crippen molar-refractivity contribution in [2.24, 2.45) is 5.73 Å². The third-order valence-electron chi connectivity index (χ3n) is 3.15. The molecule has 1 rings (SSSR count). The molecule has 0 unspecified atom stereocenters. The second kappa shape index (κ2) is 10.9. The van der Waals surface area contributed by atoms with Crippen LogP contribution in [-0.2, 0) is 24.2 Å². The molecule has 1 amide bonds. The second-order valence-electron chi connectivity index (χ2n) is 5.09. The number of nitrogens with two attached hydrogens (primary N) is 1.